The van der Waals surface area contributed by atoms with Crippen molar-refractivity contribution in [3.63, 3.8) is 0 Å². The zero-order chi connectivity index (χ0) is 14.0. The molecule has 0 radical (unpaired) electrons. The first kappa shape index (κ1) is 18.1. The van der Waals surface area contributed by atoms with Crippen LogP contribution in [0.5, 0.6) is 0 Å². The minimum Gasteiger partial charge on any atom is -0.350 e. The van der Waals surface area contributed by atoms with Crippen LogP contribution < -0.4 is 10.6 Å². The van der Waals surface area contributed by atoms with Gasteiger partial charge in [0.15, 0.2) is 0 Å². The fourth-order valence-electron chi connectivity index (χ4n) is 2.40. The molecule has 2 heterocycles. The molecular formula is C13H19Cl3N2OS. The molecule has 0 aromatic carbocycles. The Morgan fingerprint density at radius 2 is 2.25 bits per heavy atom. The van der Waals surface area contributed by atoms with E-state index in [4.69, 9.17) is 23.2 Å². The summed E-state index contributed by atoms with van der Waals surface area (Å²) in [6.45, 7) is 6.07. The SMILES string of the molecule is CC1(C)CCCNC1CNC(=O)c1cc(Cl)sc1Cl.Cl. The molecule has 1 saturated heterocycles. The summed E-state index contributed by atoms with van der Waals surface area (Å²) in [6.07, 6.45) is 2.36. The highest BCUT2D eigenvalue weighted by molar-refractivity contribution is 7.20. The standard InChI is InChI=1S/C13H18Cl2N2OS.ClH/c1-13(2)4-3-5-16-9(13)7-17-12(18)8-6-10(14)19-11(8)15;/h6,9,16H,3-5,7H2,1-2H3,(H,17,18);1H. The van der Waals surface area contributed by atoms with Gasteiger partial charge in [-0.3, -0.25) is 4.79 Å². The summed E-state index contributed by atoms with van der Waals surface area (Å²) < 4.78 is 0.977. The van der Waals surface area contributed by atoms with E-state index in [-0.39, 0.29) is 29.8 Å². The maximum absolute atomic E-state index is 12.1. The zero-order valence-electron chi connectivity index (χ0n) is 11.5. The van der Waals surface area contributed by atoms with Gasteiger partial charge in [-0.15, -0.1) is 23.7 Å². The van der Waals surface area contributed by atoms with E-state index in [0.29, 0.717) is 20.8 Å². The molecule has 7 heteroatoms. The van der Waals surface area contributed by atoms with Gasteiger partial charge in [-0.2, -0.15) is 0 Å². The molecule has 20 heavy (non-hydrogen) atoms. The number of nitrogens with one attached hydrogen (secondary N) is 2. The summed E-state index contributed by atoms with van der Waals surface area (Å²) in [5.74, 6) is -0.156. The lowest BCUT2D eigenvalue weighted by Gasteiger charge is -2.39. The van der Waals surface area contributed by atoms with Crippen molar-refractivity contribution < 1.29 is 4.79 Å². The predicted molar refractivity (Wildman–Crippen MR) is 88.7 cm³/mol. The van der Waals surface area contributed by atoms with Crippen molar-refractivity contribution in [3.8, 4) is 0 Å². The van der Waals surface area contributed by atoms with Gasteiger partial charge in [0.1, 0.15) is 4.34 Å². The Bertz CT molecular complexity index is 476. The Balaban J connectivity index is 0.00000200. The Hall–Kier alpha value is -0.000000000000000222. The lowest BCUT2D eigenvalue weighted by Crippen LogP contribution is -2.52. The fourth-order valence-corrected chi connectivity index (χ4v) is 3.86. The van der Waals surface area contributed by atoms with Crippen LogP contribution in [-0.4, -0.2) is 25.0 Å². The molecule has 0 bridgehead atoms. The van der Waals surface area contributed by atoms with Crippen molar-refractivity contribution in [2.24, 2.45) is 5.41 Å². The third-order valence-corrected chi connectivity index (χ3v) is 5.19. The number of thiophene rings is 1. The fraction of sp³-hybridized carbons (Fsp3) is 0.615. The maximum Gasteiger partial charge on any atom is 0.253 e. The molecule has 2 N–H and O–H groups in total. The monoisotopic (exact) mass is 356 g/mol. The van der Waals surface area contributed by atoms with Crippen LogP contribution in [0.4, 0.5) is 0 Å². The molecule has 1 aliphatic heterocycles. The van der Waals surface area contributed by atoms with E-state index in [9.17, 15) is 4.79 Å². The molecule has 2 rings (SSSR count). The maximum atomic E-state index is 12.1. The Morgan fingerprint density at radius 3 is 2.80 bits per heavy atom. The van der Waals surface area contributed by atoms with E-state index in [2.05, 4.69) is 24.5 Å². The number of carbonyl (C=O) groups is 1. The highest BCUT2D eigenvalue weighted by Crippen LogP contribution is 2.32. The van der Waals surface area contributed by atoms with Gasteiger partial charge >= 0.3 is 0 Å². The number of rotatable bonds is 3. The predicted octanol–water partition coefficient (Wildman–Crippen LogP) is 3.98. The van der Waals surface area contributed by atoms with Gasteiger partial charge in [0.2, 0.25) is 0 Å². The molecule has 0 spiro atoms. The molecule has 3 nitrogen and oxygen atoms in total. The molecule has 1 aromatic heterocycles. The summed E-state index contributed by atoms with van der Waals surface area (Å²) in [6, 6.07) is 1.90. The minimum atomic E-state index is -0.156. The first-order valence-electron chi connectivity index (χ1n) is 6.36. The van der Waals surface area contributed by atoms with Crippen LogP contribution >= 0.6 is 46.9 Å². The second-order valence-electron chi connectivity index (χ2n) is 5.55. The highest BCUT2D eigenvalue weighted by atomic mass is 35.5. The number of hydrogen-bond donors (Lipinski definition) is 2. The van der Waals surface area contributed by atoms with Crippen molar-refractivity contribution >= 4 is 52.9 Å². The average Bonchev–Trinajstić information content (AvgIpc) is 2.66. The molecule has 1 aliphatic rings. The van der Waals surface area contributed by atoms with Gasteiger partial charge in [-0.1, -0.05) is 37.0 Å². The summed E-state index contributed by atoms with van der Waals surface area (Å²) in [7, 11) is 0. The lowest BCUT2D eigenvalue weighted by atomic mass is 9.77. The molecule has 1 amide bonds. The Labute approximate surface area is 139 Å². The topological polar surface area (TPSA) is 41.1 Å². The van der Waals surface area contributed by atoms with Crippen LogP contribution in [-0.2, 0) is 0 Å². The van der Waals surface area contributed by atoms with E-state index in [1.54, 1.807) is 6.07 Å². The van der Waals surface area contributed by atoms with Crippen LogP contribution in [0, 0.1) is 5.41 Å². The summed E-state index contributed by atoms with van der Waals surface area (Å²) in [4.78, 5) is 12.1. The molecular weight excluding hydrogens is 339 g/mol. The molecule has 1 aromatic rings. The van der Waals surface area contributed by atoms with Crippen LogP contribution in [0.3, 0.4) is 0 Å². The second-order valence-corrected chi connectivity index (χ2v) is 7.83. The van der Waals surface area contributed by atoms with Gasteiger partial charge in [-0.25, -0.2) is 0 Å². The van der Waals surface area contributed by atoms with Crippen LogP contribution in [0.25, 0.3) is 0 Å². The smallest absolute Gasteiger partial charge is 0.253 e. The first-order chi connectivity index (χ1) is 8.90. The second kappa shape index (κ2) is 7.32. The minimum absolute atomic E-state index is 0. The molecule has 1 unspecified atom stereocenters. The average molecular weight is 358 g/mol. The number of carbonyl (C=O) groups excluding carboxylic acids is 1. The van der Waals surface area contributed by atoms with Gasteiger partial charge in [0, 0.05) is 12.6 Å². The zero-order valence-corrected chi connectivity index (χ0v) is 14.6. The highest BCUT2D eigenvalue weighted by Gasteiger charge is 2.32. The largest absolute Gasteiger partial charge is 0.350 e. The van der Waals surface area contributed by atoms with Crippen LogP contribution in [0.15, 0.2) is 6.07 Å². The molecule has 1 fully saturated rings. The third-order valence-electron chi connectivity index (χ3n) is 3.70. The number of piperidine rings is 1. The van der Waals surface area contributed by atoms with Crippen LogP contribution in [0.1, 0.15) is 37.0 Å². The van der Waals surface area contributed by atoms with Gasteiger partial charge in [0.25, 0.3) is 5.91 Å². The Morgan fingerprint density at radius 1 is 1.55 bits per heavy atom. The number of halogens is 3. The van der Waals surface area contributed by atoms with E-state index >= 15 is 0 Å². The van der Waals surface area contributed by atoms with E-state index in [1.165, 1.54) is 24.2 Å². The summed E-state index contributed by atoms with van der Waals surface area (Å²) in [5.41, 5.74) is 0.659. The third kappa shape index (κ3) is 4.25. The van der Waals surface area contributed by atoms with Crippen molar-refractivity contribution in [3.05, 3.63) is 20.3 Å². The van der Waals surface area contributed by atoms with Gasteiger partial charge in [-0.05, 0) is 30.9 Å². The number of hydrogen-bond acceptors (Lipinski definition) is 3. The normalized spacial score (nSPS) is 21.1. The van der Waals surface area contributed by atoms with Crippen molar-refractivity contribution in [1.29, 1.82) is 0 Å². The van der Waals surface area contributed by atoms with Crippen molar-refractivity contribution in [1.82, 2.24) is 10.6 Å². The van der Waals surface area contributed by atoms with Crippen molar-refractivity contribution in [2.75, 3.05) is 13.1 Å². The van der Waals surface area contributed by atoms with E-state index in [0.717, 1.165) is 6.54 Å². The van der Waals surface area contributed by atoms with Gasteiger partial charge in [0.05, 0.1) is 9.90 Å². The first-order valence-corrected chi connectivity index (χ1v) is 7.94. The summed E-state index contributed by atoms with van der Waals surface area (Å²) >= 11 is 13.0. The Kier molecular flexibility index (Phi) is 6.61. The van der Waals surface area contributed by atoms with Gasteiger partial charge < -0.3 is 10.6 Å². The molecule has 1 atom stereocenters. The molecule has 0 saturated carbocycles. The van der Waals surface area contributed by atoms with E-state index < -0.39 is 0 Å². The molecule has 0 aliphatic carbocycles. The van der Waals surface area contributed by atoms with Crippen LogP contribution in [0.2, 0.25) is 8.67 Å². The lowest BCUT2D eigenvalue weighted by molar-refractivity contribution is 0.0929. The molecule has 114 valence electrons. The quantitative estimate of drug-likeness (QED) is 0.859. The number of amides is 1. The summed E-state index contributed by atoms with van der Waals surface area (Å²) in [5, 5.41) is 6.41. The van der Waals surface area contributed by atoms with Crippen molar-refractivity contribution in [2.45, 2.75) is 32.7 Å². The van der Waals surface area contributed by atoms with E-state index in [1.807, 2.05) is 0 Å².